The van der Waals surface area contributed by atoms with E-state index in [9.17, 15) is 22.8 Å². The Labute approximate surface area is 142 Å². The molecule has 0 aromatic heterocycles. The van der Waals surface area contributed by atoms with Crippen LogP contribution in [0, 0.1) is 0 Å². The largest absolute Gasteiger partial charge is 0.490 e. The molecule has 124 valence electrons. The lowest BCUT2D eigenvalue weighted by Gasteiger charge is -2.19. The van der Waals surface area contributed by atoms with Crippen LogP contribution in [0.4, 0.5) is 13.2 Å². The van der Waals surface area contributed by atoms with Gasteiger partial charge < -0.3 is 9.64 Å². The lowest BCUT2D eigenvalue weighted by molar-refractivity contribution is -0.199. The maximum atomic E-state index is 12.2. The molecule has 0 fully saturated rings. The molecule has 1 aliphatic rings. The van der Waals surface area contributed by atoms with E-state index in [1.807, 2.05) is 6.92 Å². The van der Waals surface area contributed by atoms with Gasteiger partial charge in [-0.05, 0) is 50.8 Å². The average Bonchev–Trinajstić information content (AvgIpc) is 2.72. The molecule has 1 aliphatic heterocycles. The van der Waals surface area contributed by atoms with Gasteiger partial charge in [0, 0.05) is 5.57 Å². The highest BCUT2D eigenvalue weighted by Gasteiger charge is 2.41. The minimum atomic E-state index is -5.03. The normalized spacial score (nSPS) is 15.2. The molecule has 0 aromatic rings. The standard InChI is InChI=1S/C13H14Br2F3NO3/c1-2-3-4-8-7-9(10(14)15)19(11(8)20)5-6-22-12(21)13(16,17)18/h7H,2-6H2,1H3. The summed E-state index contributed by atoms with van der Waals surface area (Å²) < 4.78 is 40.8. The summed E-state index contributed by atoms with van der Waals surface area (Å²) in [5, 5.41) is 0. The monoisotopic (exact) mass is 447 g/mol. The van der Waals surface area contributed by atoms with Crippen molar-refractivity contribution in [2.24, 2.45) is 0 Å². The topological polar surface area (TPSA) is 46.6 Å². The molecule has 0 bridgehead atoms. The summed E-state index contributed by atoms with van der Waals surface area (Å²) in [6, 6.07) is 0. The Morgan fingerprint density at radius 2 is 2.00 bits per heavy atom. The highest BCUT2D eigenvalue weighted by atomic mass is 79.9. The van der Waals surface area contributed by atoms with Crippen molar-refractivity contribution in [1.82, 2.24) is 4.90 Å². The summed E-state index contributed by atoms with van der Waals surface area (Å²) in [5.74, 6) is -2.55. The van der Waals surface area contributed by atoms with Crippen molar-refractivity contribution in [3.8, 4) is 0 Å². The zero-order chi connectivity index (χ0) is 16.9. The molecule has 0 atom stereocenters. The van der Waals surface area contributed by atoms with Crippen LogP contribution < -0.4 is 0 Å². The number of hydrogen-bond donors (Lipinski definition) is 0. The van der Waals surface area contributed by atoms with Crippen molar-refractivity contribution in [1.29, 1.82) is 0 Å². The molecule has 1 heterocycles. The molecule has 1 rings (SSSR count). The summed E-state index contributed by atoms with van der Waals surface area (Å²) in [4.78, 5) is 24.1. The summed E-state index contributed by atoms with van der Waals surface area (Å²) in [5.41, 5.74) is 1.08. The van der Waals surface area contributed by atoms with E-state index >= 15 is 0 Å². The molecule has 0 unspecified atom stereocenters. The predicted molar refractivity (Wildman–Crippen MR) is 81.2 cm³/mol. The second kappa shape index (κ2) is 8.14. The fourth-order valence-electron chi connectivity index (χ4n) is 1.82. The number of hydrogen-bond acceptors (Lipinski definition) is 3. The van der Waals surface area contributed by atoms with Crippen molar-refractivity contribution in [3.63, 3.8) is 0 Å². The van der Waals surface area contributed by atoms with Crippen molar-refractivity contribution in [2.75, 3.05) is 13.2 Å². The summed E-state index contributed by atoms with van der Waals surface area (Å²) in [6.45, 7) is 1.31. The van der Waals surface area contributed by atoms with Crippen LogP contribution in [0.15, 0.2) is 20.7 Å². The SMILES string of the molecule is CCCCC1=CC(=C(Br)Br)N(CCOC(=O)C(F)(F)F)C1=O. The number of carbonyl (C=O) groups excluding carboxylic acids is 2. The first kappa shape index (κ1) is 19.2. The molecule has 0 spiro atoms. The molecule has 9 heteroatoms. The number of halogens is 5. The van der Waals surface area contributed by atoms with E-state index in [4.69, 9.17) is 0 Å². The number of carbonyl (C=O) groups is 2. The van der Waals surface area contributed by atoms with Gasteiger partial charge in [-0.15, -0.1) is 0 Å². The van der Waals surface area contributed by atoms with Gasteiger partial charge in [-0.3, -0.25) is 4.79 Å². The quantitative estimate of drug-likeness (QED) is 0.577. The lowest BCUT2D eigenvalue weighted by Crippen LogP contribution is -2.33. The van der Waals surface area contributed by atoms with Crippen LogP contribution in [0.2, 0.25) is 0 Å². The number of rotatable bonds is 6. The van der Waals surface area contributed by atoms with Crippen LogP contribution >= 0.6 is 31.9 Å². The van der Waals surface area contributed by atoms with Crippen molar-refractivity contribution < 1.29 is 27.5 Å². The predicted octanol–water partition coefficient (Wildman–Crippen LogP) is 4.01. The number of allylic oxidation sites excluding steroid dienone is 1. The molecule has 0 aliphatic carbocycles. The molecule has 0 radical (unpaired) electrons. The van der Waals surface area contributed by atoms with Gasteiger partial charge in [-0.25, -0.2) is 4.79 Å². The van der Waals surface area contributed by atoms with E-state index < -0.39 is 18.8 Å². The van der Waals surface area contributed by atoms with Crippen molar-refractivity contribution in [3.05, 3.63) is 20.7 Å². The molecular formula is C13H14Br2F3NO3. The van der Waals surface area contributed by atoms with E-state index in [0.717, 1.165) is 12.8 Å². The zero-order valence-electron chi connectivity index (χ0n) is 11.7. The van der Waals surface area contributed by atoms with Gasteiger partial charge in [0.1, 0.15) is 6.61 Å². The molecule has 4 nitrogen and oxygen atoms in total. The second-order valence-corrected chi connectivity index (χ2v) is 7.16. The Balaban J connectivity index is 2.68. The number of esters is 1. The van der Waals surface area contributed by atoms with Gasteiger partial charge in [-0.1, -0.05) is 13.3 Å². The van der Waals surface area contributed by atoms with Crippen LogP contribution in [0.3, 0.4) is 0 Å². The number of nitrogens with zero attached hydrogens (tertiary/aromatic N) is 1. The van der Waals surface area contributed by atoms with Crippen LogP contribution in [0.5, 0.6) is 0 Å². The van der Waals surface area contributed by atoms with Crippen molar-refractivity contribution in [2.45, 2.75) is 32.4 Å². The fourth-order valence-corrected chi connectivity index (χ4v) is 2.48. The van der Waals surface area contributed by atoms with Gasteiger partial charge in [-0.2, -0.15) is 13.2 Å². The first-order chi connectivity index (χ1) is 10.2. The van der Waals surface area contributed by atoms with Crippen LogP contribution in [-0.2, 0) is 14.3 Å². The lowest BCUT2D eigenvalue weighted by atomic mass is 10.1. The first-order valence-electron chi connectivity index (χ1n) is 6.50. The summed E-state index contributed by atoms with van der Waals surface area (Å²) in [6.07, 6.45) is -1.02. The Hall–Kier alpha value is -0.830. The Bertz CT molecular complexity index is 511. The maximum absolute atomic E-state index is 12.2. The van der Waals surface area contributed by atoms with Gasteiger partial charge in [0.15, 0.2) is 0 Å². The summed E-state index contributed by atoms with van der Waals surface area (Å²) in [7, 11) is 0. The molecule has 0 saturated carbocycles. The molecule has 0 aromatic carbocycles. The van der Waals surface area contributed by atoms with Crippen molar-refractivity contribution >= 4 is 43.7 Å². The van der Waals surface area contributed by atoms with E-state index in [1.165, 1.54) is 4.90 Å². The number of ether oxygens (including phenoxy) is 1. The average molecular weight is 449 g/mol. The number of amides is 1. The van der Waals surface area contributed by atoms with E-state index in [1.54, 1.807) is 6.08 Å². The van der Waals surface area contributed by atoms with E-state index in [-0.39, 0.29) is 12.5 Å². The van der Waals surface area contributed by atoms with Gasteiger partial charge >= 0.3 is 12.1 Å². The maximum Gasteiger partial charge on any atom is 0.490 e. The smallest absolute Gasteiger partial charge is 0.457 e. The fraction of sp³-hybridized carbons (Fsp3) is 0.538. The minimum Gasteiger partial charge on any atom is -0.457 e. The molecule has 0 N–H and O–H groups in total. The van der Waals surface area contributed by atoms with Gasteiger partial charge in [0.05, 0.1) is 15.6 Å². The summed E-state index contributed by atoms with van der Waals surface area (Å²) >= 11 is 6.37. The highest BCUT2D eigenvalue weighted by Crippen LogP contribution is 2.31. The van der Waals surface area contributed by atoms with E-state index in [2.05, 4.69) is 36.6 Å². The molecule has 22 heavy (non-hydrogen) atoms. The molecule has 1 amide bonds. The van der Waals surface area contributed by atoms with Crippen LogP contribution in [0.25, 0.3) is 0 Å². The van der Waals surface area contributed by atoms with E-state index in [0.29, 0.717) is 21.1 Å². The number of unbranched alkanes of at least 4 members (excludes halogenated alkanes) is 1. The minimum absolute atomic E-state index is 0.150. The highest BCUT2D eigenvalue weighted by molar-refractivity contribution is 9.28. The third kappa shape index (κ3) is 5.12. The molecular weight excluding hydrogens is 435 g/mol. The van der Waals surface area contributed by atoms with Gasteiger partial charge in [0.2, 0.25) is 0 Å². The Kier molecular flexibility index (Phi) is 7.11. The first-order valence-corrected chi connectivity index (χ1v) is 8.08. The molecule has 0 saturated heterocycles. The Morgan fingerprint density at radius 3 is 2.50 bits per heavy atom. The zero-order valence-corrected chi connectivity index (χ0v) is 14.8. The number of alkyl halides is 3. The third-order valence-corrected chi connectivity index (χ3v) is 3.71. The Morgan fingerprint density at radius 1 is 1.36 bits per heavy atom. The van der Waals surface area contributed by atoms with Crippen LogP contribution in [-0.4, -0.2) is 36.1 Å². The van der Waals surface area contributed by atoms with Gasteiger partial charge in [0.25, 0.3) is 5.91 Å². The second-order valence-electron chi connectivity index (χ2n) is 4.51. The van der Waals surface area contributed by atoms with Crippen LogP contribution in [0.1, 0.15) is 26.2 Å². The third-order valence-electron chi connectivity index (χ3n) is 2.89.